The zero-order chi connectivity index (χ0) is 13.0. The molecule has 0 bridgehead atoms. The lowest BCUT2D eigenvalue weighted by atomic mass is 10.1. The van der Waals surface area contributed by atoms with Gasteiger partial charge in [0.1, 0.15) is 11.6 Å². The molecule has 20 heavy (non-hydrogen) atoms. The van der Waals surface area contributed by atoms with Crippen LogP contribution in [0.3, 0.4) is 0 Å². The van der Waals surface area contributed by atoms with Crippen LogP contribution in [0.25, 0.3) is 0 Å². The van der Waals surface area contributed by atoms with Gasteiger partial charge in [0.2, 0.25) is 5.91 Å². The number of amides is 1. The van der Waals surface area contributed by atoms with Crippen LogP contribution in [0.1, 0.15) is 19.8 Å². The van der Waals surface area contributed by atoms with Crippen molar-refractivity contribution in [2.24, 2.45) is 0 Å². The lowest BCUT2D eigenvalue weighted by molar-refractivity contribution is -0.114. The normalized spacial score (nSPS) is 14.7. The van der Waals surface area contributed by atoms with E-state index < -0.39 is 0 Å². The zero-order valence-corrected chi connectivity index (χ0v) is 13.4. The van der Waals surface area contributed by atoms with Crippen molar-refractivity contribution in [1.29, 1.82) is 0 Å². The fourth-order valence-corrected chi connectivity index (χ4v) is 2.25. The van der Waals surface area contributed by atoms with Gasteiger partial charge in [-0.2, -0.15) is 0 Å². The van der Waals surface area contributed by atoms with E-state index in [2.05, 4.69) is 27.6 Å². The molecule has 2 N–H and O–H groups in total. The van der Waals surface area contributed by atoms with E-state index >= 15 is 0 Å². The number of aromatic nitrogens is 1. The maximum Gasteiger partial charge on any atom is 0.222 e. The molecule has 2 heterocycles. The first-order chi connectivity index (χ1) is 8.66. The molecule has 2 rings (SSSR count). The third-order valence-corrected chi connectivity index (χ3v) is 3.26. The maximum atomic E-state index is 11.0. The first kappa shape index (κ1) is 19.0. The summed E-state index contributed by atoms with van der Waals surface area (Å²) in [6, 6.07) is 6.23. The van der Waals surface area contributed by atoms with Crippen LogP contribution in [-0.2, 0) is 4.79 Å². The predicted octanol–water partition coefficient (Wildman–Crippen LogP) is 2.07. The molecule has 0 spiro atoms. The van der Waals surface area contributed by atoms with Crippen molar-refractivity contribution in [1.82, 2.24) is 10.3 Å². The lowest BCUT2D eigenvalue weighted by Crippen LogP contribution is -2.41. The molecule has 0 aromatic carbocycles. The Morgan fingerprint density at radius 1 is 1.35 bits per heavy atom. The standard InChI is InChI=1S/C13H20N4O.2ClH/c1-10(18)15-12-4-3-5-13(16-12)17(2)11-6-8-14-9-7-11;;/h3-5,11,14H,6-9H2,1-2H3,(H,15,16,18);2*1H. The molecule has 1 fully saturated rings. The molecule has 0 atom stereocenters. The van der Waals surface area contributed by atoms with Crippen LogP contribution in [0.4, 0.5) is 11.6 Å². The van der Waals surface area contributed by atoms with Crippen molar-refractivity contribution < 1.29 is 4.79 Å². The van der Waals surface area contributed by atoms with Crippen molar-refractivity contribution in [3.8, 4) is 0 Å². The number of nitrogens with zero attached hydrogens (tertiary/aromatic N) is 2. The first-order valence-corrected chi connectivity index (χ1v) is 6.35. The third kappa shape index (κ3) is 5.15. The Bertz CT molecular complexity index is 425. The number of carbonyl (C=O) groups excluding carboxylic acids is 1. The summed E-state index contributed by atoms with van der Waals surface area (Å²) < 4.78 is 0. The highest BCUT2D eigenvalue weighted by Crippen LogP contribution is 2.19. The Morgan fingerprint density at radius 3 is 2.60 bits per heavy atom. The number of hydrogen-bond acceptors (Lipinski definition) is 4. The quantitative estimate of drug-likeness (QED) is 0.895. The molecule has 1 aromatic heterocycles. The smallest absolute Gasteiger partial charge is 0.222 e. The Kier molecular flexibility index (Phi) is 8.53. The maximum absolute atomic E-state index is 11.0. The van der Waals surface area contributed by atoms with Gasteiger partial charge in [-0.15, -0.1) is 24.8 Å². The van der Waals surface area contributed by atoms with E-state index in [4.69, 9.17) is 0 Å². The van der Waals surface area contributed by atoms with Crippen molar-refractivity contribution >= 4 is 42.4 Å². The summed E-state index contributed by atoms with van der Waals surface area (Å²) in [6.07, 6.45) is 2.26. The van der Waals surface area contributed by atoms with E-state index in [0.29, 0.717) is 11.9 Å². The van der Waals surface area contributed by atoms with Crippen LogP contribution in [0, 0.1) is 0 Å². The third-order valence-electron chi connectivity index (χ3n) is 3.26. The van der Waals surface area contributed by atoms with E-state index in [1.165, 1.54) is 6.92 Å². The summed E-state index contributed by atoms with van der Waals surface area (Å²) >= 11 is 0. The van der Waals surface area contributed by atoms with Crippen LogP contribution >= 0.6 is 24.8 Å². The van der Waals surface area contributed by atoms with Gasteiger partial charge in [0.05, 0.1) is 0 Å². The zero-order valence-electron chi connectivity index (χ0n) is 11.8. The van der Waals surface area contributed by atoms with Gasteiger partial charge in [-0.25, -0.2) is 4.98 Å². The van der Waals surface area contributed by atoms with Crippen molar-refractivity contribution in [3.05, 3.63) is 18.2 Å². The van der Waals surface area contributed by atoms with Gasteiger partial charge < -0.3 is 15.5 Å². The molecular formula is C13H22Cl2N4O. The van der Waals surface area contributed by atoms with Crippen molar-refractivity contribution in [2.75, 3.05) is 30.4 Å². The minimum absolute atomic E-state index is 0. The first-order valence-electron chi connectivity index (χ1n) is 6.35. The number of piperidine rings is 1. The minimum Gasteiger partial charge on any atom is -0.357 e. The molecule has 1 aliphatic heterocycles. The van der Waals surface area contributed by atoms with Crippen LogP contribution < -0.4 is 15.5 Å². The Balaban J connectivity index is 0.00000180. The van der Waals surface area contributed by atoms with Crippen LogP contribution in [-0.4, -0.2) is 37.1 Å². The molecule has 114 valence electrons. The fraction of sp³-hybridized carbons (Fsp3) is 0.538. The summed E-state index contributed by atoms with van der Waals surface area (Å²) in [4.78, 5) is 17.7. The highest BCUT2D eigenvalue weighted by molar-refractivity contribution is 5.87. The average molecular weight is 321 g/mol. The second-order valence-corrected chi connectivity index (χ2v) is 4.65. The van der Waals surface area contributed by atoms with Gasteiger partial charge in [0.15, 0.2) is 0 Å². The molecule has 0 saturated carbocycles. The van der Waals surface area contributed by atoms with E-state index in [1.54, 1.807) is 6.07 Å². The number of anilines is 2. The second-order valence-electron chi connectivity index (χ2n) is 4.65. The highest BCUT2D eigenvalue weighted by Gasteiger charge is 2.18. The lowest BCUT2D eigenvalue weighted by Gasteiger charge is -2.32. The molecule has 0 unspecified atom stereocenters. The van der Waals surface area contributed by atoms with Crippen LogP contribution in [0.5, 0.6) is 0 Å². The number of rotatable bonds is 3. The predicted molar refractivity (Wildman–Crippen MR) is 87.3 cm³/mol. The SMILES string of the molecule is CC(=O)Nc1cccc(N(C)C2CCNCC2)n1.Cl.Cl. The summed E-state index contributed by atoms with van der Waals surface area (Å²) in [5, 5.41) is 6.07. The molecule has 0 aliphatic carbocycles. The fourth-order valence-electron chi connectivity index (χ4n) is 2.25. The van der Waals surface area contributed by atoms with Gasteiger partial charge in [-0.05, 0) is 38.1 Å². The summed E-state index contributed by atoms with van der Waals surface area (Å²) in [5.41, 5.74) is 0. The van der Waals surface area contributed by atoms with Gasteiger partial charge in [-0.3, -0.25) is 4.79 Å². The van der Waals surface area contributed by atoms with Gasteiger partial charge >= 0.3 is 0 Å². The van der Waals surface area contributed by atoms with E-state index in [-0.39, 0.29) is 30.7 Å². The average Bonchev–Trinajstić information content (AvgIpc) is 2.38. The molecule has 5 nitrogen and oxygen atoms in total. The van der Waals surface area contributed by atoms with E-state index in [9.17, 15) is 4.79 Å². The van der Waals surface area contributed by atoms with Gasteiger partial charge in [0, 0.05) is 20.0 Å². The summed E-state index contributed by atoms with van der Waals surface area (Å²) in [6.45, 7) is 3.60. The number of halogens is 2. The van der Waals surface area contributed by atoms with E-state index in [1.807, 2.05) is 12.1 Å². The molecule has 1 saturated heterocycles. The number of carbonyl (C=O) groups is 1. The monoisotopic (exact) mass is 320 g/mol. The van der Waals surface area contributed by atoms with Gasteiger partial charge in [-0.1, -0.05) is 6.07 Å². The molecule has 1 aliphatic rings. The molecule has 7 heteroatoms. The molecule has 0 radical (unpaired) electrons. The minimum atomic E-state index is -0.0934. The van der Waals surface area contributed by atoms with Crippen LogP contribution in [0.15, 0.2) is 18.2 Å². The molecule has 1 aromatic rings. The molecule has 1 amide bonds. The number of hydrogen-bond donors (Lipinski definition) is 2. The largest absolute Gasteiger partial charge is 0.357 e. The Labute approximate surface area is 132 Å². The summed E-state index contributed by atoms with van der Waals surface area (Å²) in [5.74, 6) is 1.43. The van der Waals surface area contributed by atoms with Crippen molar-refractivity contribution in [3.63, 3.8) is 0 Å². The topological polar surface area (TPSA) is 57.3 Å². The van der Waals surface area contributed by atoms with Crippen LogP contribution in [0.2, 0.25) is 0 Å². The van der Waals surface area contributed by atoms with Gasteiger partial charge in [0.25, 0.3) is 0 Å². The van der Waals surface area contributed by atoms with E-state index in [0.717, 1.165) is 31.7 Å². The van der Waals surface area contributed by atoms with Crippen molar-refractivity contribution in [2.45, 2.75) is 25.8 Å². The number of nitrogens with one attached hydrogen (secondary N) is 2. The Morgan fingerprint density at radius 2 is 2.00 bits per heavy atom. The highest BCUT2D eigenvalue weighted by atomic mass is 35.5. The Hall–Kier alpha value is -1.04. The second kappa shape index (κ2) is 9.00. The summed E-state index contributed by atoms with van der Waals surface area (Å²) in [7, 11) is 2.07. The molecular weight excluding hydrogens is 299 g/mol. The number of pyridine rings is 1.